The van der Waals surface area contributed by atoms with Crippen molar-refractivity contribution >= 4 is 12.0 Å². The van der Waals surface area contributed by atoms with Crippen molar-refractivity contribution < 1.29 is 23.8 Å². The molecule has 154 valence electrons. The second-order valence-electron chi connectivity index (χ2n) is 6.60. The molecule has 1 aliphatic rings. The first-order chi connectivity index (χ1) is 14.1. The van der Waals surface area contributed by atoms with Crippen LogP contribution in [0.5, 0.6) is 11.5 Å². The number of amides is 2. The van der Waals surface area contributed by atoms with Crippen LogP contribution < -0.4 is 9.47 Å². The van der Waals surface area contributed by atoms with Gasteiger partial charge in [0.05, 0.1) is 13.7 Å². The Morgan fingerprint density at radius 3 is 2.07 bits per heavy atom. The molecule has 0 radical (unpaired) electrons. The third-order valence-corrected chi connectivity index (χ3v) is 4.76. The van der Waals surface area contributed by atoms with Crippen LogP contribution in [0.3, 0.4) is 0 Å². The van der Waals surface area contributed by atoms with Crippen LogP contribution in [0.1, 0.15) is 18.6 Å². The number of methoxy groups -OCH3 is 1. The number of hydrogen-bond acceptors (Lipinski definition) is 5. The maximum Gasteiger partial charge on any atom is 0.409 e. The molecule has 0 N–H and O–H groups in total. The van der Waals surface area contributed by atoms with Crippen LogP contribution in [0, 0.1) is 0 Å². The summed E-state index contributed by atoms with van der Waals surface area (Å²) in [6, 6.07) is 16.6. The molecule has 1 heterocycles. The van der Waals surface area contributed by atoms with Crippen molar-refractivity contribution in [1.82, 2.24) is 9.80 Å². The first-order valence-electron chi connectivity index (χ1n) is 9.68. The molecule has 29 heavy (non-hydrogen) atoms. The Kier molecular flexibility index (Phi) is 6.94. The predicted molar refractivity (Wildman–Crippen MR) is 108 cm³/mol. The zero-order chi connectivity index (χ0) is 20.6. The van der Waals surface area contributed by atoms with E-state index in [1.165, 1.54) is 0 Å². The molecule has 0 aliphatic carbocycles. The number of ether oxygens (including phenoxy) is 3. The Morgan fingerprint density at radius 2 is 1.48 bits per heavy atom. The van der Waals surface area contributed by atoms with Gasteiger partial charge < -0.3 is 24.0 Å². The van der Waals surface area contributed by atoms with Crippen molar-refractivity contribution in [2.75, 3.05) is 39.9 Å². The summed E-state index contributed by atoms with van der Waals surface area (Å²) in [6.07, 6.45) is -1.10. The van der Waals surface area contributed by atoms with Gasteiger partial charge in [-0.1, -0.05) is 30.3 Å². The summed E-state index contributed by atoms with van der Waals surface area (Å²) in [7, 11) is 1.60. The van der Waals surface area contributed by atoms with E-state index in [0.717, 1.165) is 11.3 Å². The molecule has 2 aromatic carbocycles. The van der Waals surface area contributed by atoms with Crippen LogP contribution >= 0.6 is 0 Å². The summed E-state index contributed by atoms with van der Waals surface area (Å²) in [5, 5.41) is 0. The van der Waals surface area contributed by atoms with E-state index in [4.69, 9.17) is 14.2 Å². The molecule has 1 aliphatic heterocycles. The Hall–Kier alpha value is -3.22. The van der Waals surface area contributed by atoms with E-state index in [0.29, 0.717) is 38.5 Å². The first-order valence-corrected chi connectivity index (χ1v) is 9.68. The zero-order valence-corrected chi connectivity index (χ0v) is 16.7. The van der Waals surface area contributed by atoms with Crippen molar-refractivity contribution in [3.8, 4) is 11.5 Å². The van der Waals surface area contributed by atoms with Gasteiger partial charge in [0.15, 0.2) is 0 Å². The highest BCUT2D eigenvalue weighted by molar-refractivity contribution is 5.83. The molecule has 7 heteroatoms. The molecule has 0 saturated carbocycles. The Morgan fingerprint density at radius 1 is 0.897 bits per heavy atom. The molecule has 1 fully saturated rings. The van der Waals surface area contributed by atoms with E-state index >= 15 is 0 Å². The molecule has 0 spiro atoms. The van der Waals surface area contributed by atoms with Gasteiger partial charge in [-0.2, -0.15) is 0 Å². The number of nitrogens with zero attached hydrogens (tertiary/aromatic N) is 2. The second-order valence-corrected chi connectivity index (χ2v) is 6.60. The highest BCUT2D eigenvalue weighted by Gasteiger charge is 2.31. The summed E-state index contributed by atoms with van der Waals surface area (Å²) < 4.78 is 16.3. The third kappa shape index (κ3) is 5.19. The second kappa shape index (κ2) is 9.82. The molecule has 1 atom stereocenters. The van der Waals surface area contributed by atoms with Crippen LogP contribution in [0.15, 0.2) is 54.6 Å². The minimum Gasteiger partial charge on any atom is -0.497 e. The standard InChI is InChI=1S/C22H26N2O5/c1-3-28-22(26)24-15-13-23(14-16-24)21(25)20(17-7-5-4-6-8-17)29-19-11-9-18(27-2)10-12-19/h4-12,20H,3,13-16H2,1-2H3. The van der Waals surface area contributed by atoms with Crippen molar-refractivity contribution in [1.29, 1.82) is 0 Å². The van der Waals surface area contributed by atoms with Crippen LogP contribution in [-0.2, 0) is 9.53 Å². The van der Waals surface area contributed by atoms with E-state index in [1.807, 2.05) is 30.3 Å². The lowest BCUT2D eigenvalue weighted by Gasteiger charge is -2.35. The summed E-state index contributed by atoms with van der Waals surface area (Å²) in [5.41, 5.74) is 0.779. The minimum atomic E-state index is -0.765. The lowest BCUT2D eigenvalue weighted by molar-refractivity contribution is -0.140. The van der Waals surface area contributed by atoms with Crippen molar-refractivity contribution in [2.24, 2.45) is 0 Å². The largest absolute Gasteiger partial charge is 0.497 e. The number of carbonyl (C=O) groups is 2. The molecule has 7 nitrogen and oxygen atoms in total. The van der Waals surface area contributed by atoms with Gasteiger partial charge in [0.25, 0.3) is 5.91 Å². The lowest BCUT2D eigenvalue weighted by atomic mass is 10.1. The van der Waals surface area contributed by atoms with E-state index in [1.54, 1.807) is 48.1 Å². The predicted octanol–water partition coefficient (Wildman–Crippen LogP) is 3.12. The fraction of sp³-hybridized carbons (Fsp3) is 0.364. The SMILES string of the molecule is CCOC(=O)N1CCN(C(=O)C(Oc2ccc(OC)cc2)c2ccccc2)CC1. The number of benzene rings is 2. The van der Waals surface area contributed by atoms with Gasteiger partial charge in [-0.25, -0.2) is 4.79 Å². The highest BCUT2D eigenvalue weighted by Crippen LogP contribution is 2.26. The van der Waals surface area contributed by atoms with E-state index in [9.17, 15) is 9.59 Å². The Bertz CT molecular complexity index is 802. The van der Waals surface area contributed by atoms with Crippen molar-refractivity contribution in [3.05, 3.63) is 60.2 Å². The number of hydrogen-bond donors (Lipinski definition) is 0. The topological polar surface area (TPSA) is 68.3 Å². The van der Waals surface area contributed by atoms with Crippen LogP contribution in [0.2, 0.25) is 0 Å². The van der Waals surface area contributed by atoms with Gasteiger partial charge in [0, 0.05) is 31.7 Å². The Labute approximate surface area is 170 Å². The summed E-state index contributed by atoms with van der Waals surface area (Å²) in [5.74, 6) is 1.17. The molecule has 1 saturated heterocycles. The van der Waals surface area contributed by atoms with E-state index < -0.39 is 6.10 Å². The average Bonchev–Trinajstić information content (AvgIpc) is 2.78. The van der Waals surface area contributed by atoms with Crippen LogP contribution in [0.4, 0.5) is 4.79 Å². The smallest absolute Gasteiger partial charge is 0.409 e. The Balaban J connectivity index is 1.72. The molecule has 0 bridgehead atoms. The molecule has 3 rings (SSSR count). The third-order valence-electron chi connectivity index (χ3n) is 4.76. The van der Waals surface area contributed by atoms with Gasteiger partial charge in [-0.05, 0) is 31.2 Å². The number of piperazine rings is 1. The fourth-order valence-electron chi connectivity index (χ4n) is 3.17. The van der Waals surface area contributed by atoms with E-state index in [-0.39, 0.29) is 12.0 Å². The average molecular weight is 398 g/mol. The molecule has 2 aromatic rings. The monoisotopic (exact) mass is 398 g/mol. The van der Waals surface area contributed by atoms with Gasteiger partial charge in [-0.3, -0.25) is 4.79 Å². The zero-order valence-electron chi connectivity index (χ0n) is 16.7. The van der Waals surface area contributed by atoms with Gasteiger partial charge in [0.2, 0.25) is 6.10 Å². The maximum atomic E-state index is 13.3. The summed E-state index contributed by atoms with van der Waals surface area (Å²) >= 11 is 0. The molecule has 0 aromatic heterocycles. The van der Waals surface area contributed by atoms with Gasteiger partial charge >= 0.3 is 6.09 Å². The summed E-state index contributed by atoms with van der Waals surface area (Å²) in [4.78, 5) is 28.5. The molecule has 2 amide bonds. The molecular weight excluding hydrogens is 372 g/mol. The lowest BCUT2D eigenvalue weighted by Crippen LogP contribution is -2.52. The fourth-order valence-corrected chi connectivity index (χ4v) is 3.17. The molecular formula is C22H26N2O5. The van der Waals surface area contributed by atoms with Crippen molar-refractivity contribution in [3.63, 3.8) is 0 Å². The normalized spacial score (nSPS) is 14.8. The minimum absolute atomic E-state index is 0.129. The number of rotatable bonds is 6. The summed E-state index contributed by atoms with van der Waals surface area (Å²) in [6.45, 7) is 3.87. The highest BCUT2D eigenvalue weighted by atomic mass is 16.6. The first kappa shape index (κ1) is 20.5. The van der Waals surface area contributed by atoms with Crippen molar-refractivity contribution in [2.45, 2.75) is 13.0 Å². The maximum absolute atomic E-state index is 13.3. The van der Waals surface area contributed by atoms with Crippen LogP contribution in [0.25, 0.3) is 0 Å². The van der Waals surface area contributed by atoms with E-state index in [2.05, 4.69) is 0 Å². The van der Waals surface area contributed by atoms with Crippen LogP contribution in [-0.4, -0.2) is 61.7 Å². The number of carbonyl (C=O) groups excluding carboxylic acids is 2. The van der Waals surface area contributed by atoms with Gasteiger partial charge in [0.1, 0.15) is 11.5 Å². The molecule has 1 unspecified atom stereocenters. The quantitative estimate of drug-likeness (QED) is 0.748. The van der Waals surface area contributed by atoms with Gasteiger partial charge in [-0.15, -0.1) is 0 Å².